The van der Waals surface area contributed by atoms with Crippen molar-refractivity contribution in [3.63, 3.8) is 0 Å². The summed E-state index contributed by atoms with van der Waals surface area (Å²) in [6.45, 7) is 4.03. The van der Waals surface area contributed by atoms with Crippen LogP contribution in [-0.4, -0.2) is 5.91 Å². The number of amides is 1. The number of benzene rings is 1. The third-order valence-electron chi connectivity index (χ3n) is 2.69. The minimum atomic E-state index is 0.170. The summed E-state index contributed by atoms with van der Waals surface area (Å²) in [4.78, 5) is 11.6. The van der Waals surface area contributed by atoms with E-state index < -0.39 is 0 Å². The zero-order chi connectivity index (χ0) is 11.0. The average Bonchev–Trinajstić information content (AvgIpc) is 2.93. The van der Waals surface area contributed by atoms with Crippen LogP contribution in [0.4, 0.5) is 5.69 Å². The molecule has 2 nitrogen and oxygen atoms in total. The molecule has 80 valence electrons. The second-order valence-corrected chi connectivity index (χ2v) is 5.09. The minimum Gasteiger partial charge on any atom is -0.325 e. The number of carbonyl (C=O) groups excluding carboxylic acids is 1. The van der Waals surface area contributed by atoms with Crippen molar-refractivity contribution < 1.29 is 4.79 Å². The average molecular weight is 268 g/mol. The fourth-order valence-electron chi connectivity index (χ4n) is 1.68. The van der Waals surface area contributed by atoms with Gasteiger partial charge in [0.25, 0.3) is 0 Å². The smallest absolute Gasteiger partial charge is 0.227 e. The van der Waals surface area contributed by atoms with E-state index in [1.54, 1.807) is 0 Å². The van der Waals surface area contributed by atoms with E-state index in [0.29, 0.717) is 0 Å². The molecule has 1 saturated carbocycles. The Morgan fingerprint density at radius 1 is 1.33 bits per heavy atom. The summed E-state index contributed by atoms with van der Waals surface area (Å²) in [5.74, 6) is 0.427. The molecular formula is C12H14BrNO. The molecule has 1 amide bonds. The SMILES string of the molecule is Cc1cc(Br)cc(C)c1NC(=O)C1CC1. The summed E-state index contributed by atoms with van der Waals surface area (Å²) in [5.41, 5.74) is 3.18. The number of aryl methyl sites for hydroxylation is 2. The Kier molecular flexibility index (Phi) is 2.83. The van der Waals surface area contributed by atoms with Crippen LogP contribution in [0.1, 0.15) is 24.0 Å². The monoisotopic (exact) mass is 267 g/mol. The molecule has 0 radical (unpaired) electrons. The molecule has 1 fully saturated rings. The maximum atomic E-state index is 11.6. The fourth-order valence-corrected chi connectivity index (χ4v) is 2.37. The molecule has 0 heterocycles. The second kappa shape index (κ2) is 3.97. The predicted octanol–water partition coefficient (Wildman–Crippen LogP) is 3.41. The highest BCUT2D eigenvalue weighted by molar-refractivity contribution is 9.10. The summed E-state index contributed by atoms with van der Waals surface area (Å²) in [6.07, 6.45) is 2.08. The largest absolute Gasteiger partial charge is 0.325 e. The number of anilines is 1. The van der Waals surface area contributed by atoms with E-state index in [9.17, 15) is 4.79 Å². The number of rotatable bonds is 2. The number of hydrogen-bond donors (Lipinski definition) is 1. The molecule has 3 heteroatoms. The highest BCUT2D eigenvalue weighted by atomic mass is 79.9. The Hall–Kier alpha value is -0.830. The molecule has 0 atom stereocenters. The molecule has 0 unspecified atom stereocenters. The van der Waals surface area contributed by atoms with Crippen molar-refractivity contribution in [2.45, 2.75) is 26.7 Å². The molecule has 0 bridgehead atoms. The van der Waals surface area contributed by atoms with Crippen LogP contribution in [0.5, 0.6) is 0 Å². The van der Waals surface area contributed by atoms with Crippen molar-refractivity contribution in [1.29, 1.82) is 0 Å². The molecule has 1 N–H and O–H groups in total. The molecule has 0 aromatic heterocycles. The van der Waals surface area contributed by atoms with E-state index in [-0.39, 0.29) is 11.8 Å². The first-order valence-electron chi connectivity index (χ1n) is 5.15. The van der Waals surface area contributed by atoms with Crippen LogP contribution < -0.4 is 5.32 Å². The molecule has 1 aliphatic rings. The maximum absolute atomic E-state index is 11.6. The van der Waals surface area contributed by atoms with Crippen LogP contribution in [0.3, 0.4) is 0 Å². The van der Waals surface area contributed by atoms with Gasteiger partial charge in [-0.2, -0.15) is 0 Å². The van der Waals surface area contributed by atoms with Crippen LogP contribution in [-0.2, 0) is 4.79 Å². The van der Waals surface area contributed by atoms with Gasteiger partial charge in [0, 0.05) is 16.1 Å². The van der Waals surface area contributed by atoms with Crippen LogP contribution in [0.2, 0.25) is 0 Å². The number of hydrogen-bond acceptors (Lipinski definition) is 1. The van der Waals surface area contributed by atoms with Crippen molar-refractivity contribution in [2.24, 2.45) is 5.92 Å². The van der Waals surface area contributed by atoms with Gasteiger partial charge in [-0.1, -0.05) is 15.9 Å². The van der Waals surface area contributed by atoms with Crippen molar-refractivity contribution in [3.05, 3.63) is 27.7 Å². The first-order valence-corrected chi connectivity index (χ1v) is 5.95. The lowest BCUT2D eigenvalue weighted by molar-refractivity contribution is -0.117. The zero-order valence-electron chi connectivity index (χ0n) is 8.93. The summed E-state index contributed by atoms with van der Waals surface area (Å²) in [5, 5.41) is 3.01. The minimum absolute atomic E-state index is 0.170. The van der Waals surface area contributed by atoms with Gasteiger partial charge in [0.1, 0.15) is 0 Å². The molecule has 0 spiro atoms. The number of nitrogens with one attached hydrogen (secondary N) is 1. The van der Waals surface area contributed by atoms with E-state index in [2.05, 4.69) is 21.2 Å². The van der Waals surface area contributed by atoms with Gasteiger partial charge < -0.3 is 5.32 Å². The Morgan fingerprint density at radius 3 is 2.33 bits per heavy atom. The molecule has 2 rings (SSSR count). The van der Waals surface area contributed by atoms with E-state index in [1.807, 2.05) is 26.0 Å². The first kappa shape index (κ1) is 10.7. The molecular weight excluding hydrogens is 254 g/mol. The Morgan fingerprint density at radius 2 is 1.87 bits per heavy atom. The van der Waals surface area contributed by atoms with Crippen molar-refractivity contribution in [1.82, 2.24) is 0 Å². The normalized spacial score (nSPS) is 15.1. The third-order valence-corrected chi connectivity index (χ3v) is 3.15. The number of carbonyl (C=O) groups is 1. The maximum Gasteiger partial charge on any atom is 0.227 e. The quantitative estimate of drug-likeness (QED) is 0.874. The molecule has 0 aliphatic heterocycles. The molecule has 1 aromatic carbocycles. The van der Waals surface area contributed by atoms with E-state index in [4.69, 9.17) is 0 Å². The van der Waals surface area contributed by atoms with Crippen LogP contribution in [0, 0.1) is 19.8 Å². The lowest BCUT2D eigenvalue weighted by Gasteiger charge is -2.11. The van der Waals surface area contributed by atoms with Gasteiger partial charge in [-0.15, -0.1) is 0 Å². The van der Waals surface area contributed by atoms with Crippen molar-refractivity contribution in [2.75, 3.05) is 5.32 Å². The highest BCUT2D eigenvalue weighted by Gasteiger charge is 2.30. The summed E-state index contributed by atoms with van der Waals surface area (Å²) < 4.78 is 1.06. The van der Waals surface area contributed by atoms with E-state index >= 15 is 0 Å². The third kappa shape index (κ3) is 2.40. The van der Waals surface area contributed by atoms with Crippen molar-refractivity contribution >= 4 is 27.5 Å². The number of halogens is 1. The lowest BCUT2D eigenvalue weighted by Crippen LogP contribution is -2.15. The zero-order valence-corrected chi connectivity index (χ0v) is 10.5. The Balaban J connectivity index is 2.23. The molecule has 1 aromatic rings. The fraction of sp³-hybridized carbons (Fsp3) is 0.417. The Labute approximate surface area is 98.2 Å². The van der Waals surface area contributed by atoms with Crippen molar-refractivity contribution in [3.8, 4) is 0 Å². The standard InChI is InChI=1S/C12H14BrNO/c1-7-5-10(13)6-8(2)11(7)14-12(15)9-3-4-9/h5-6,9H,3-4H2,1-2H3,(H,14,15). The Bertz CT molecular complexity index is 387. The summed E-state index contributed by atoms with van der Waals surface area (Å²) in [7, 11) is 0. The summed E-state index contributed by atoms with van der Waals surface area (Å²) >= 11 is 3.44. The van der Waals surface area contributed by atoms with Crippen LogP contribution in [0.15, 0.2) is 16.6 Å². The summed E-state index contributed by atoms with van der Waals surface area (Å²) in [6, 6.07) is 4.05. The van der Waals surface area contributed by atoms with Gasteiger partial charge in [0.05, 0.1) is 0 Å². The van der Waals surface area contributed by atoms with E-state index in [1.165, 1.54) is 0 Å². The lowest BCUT2D eigenvalue weighted by atomic mass is 10.1. The van der Waals surface area contributed by atoms with Gasteiger partial charge in [-0.25, -0.2) is 0 Å². The predicted molar refractivity (Wildman–Crippen MR) is 65.0 cm³/mol. The van der Waals surface area contributed by atoms with Gasteiger partial charge >= 0.3 is 0 Å². The molecule has 1 aliphatic carbocycles. The van der Waals surface area contributed by atoms with Gasteiger partial charge in [-0.05, 0) is 49.9 Å². The van der Waals surface area contributed by atoms with Crippen LogP contribution in [0.25, 0.3) is 0 Å². The molecule has 15 heavy (non-hydrogen) atoms. The first-order chi connectivity index (χ1) is 7.08. The van der Waals surface area contributed by atoms with Gasteiger partial charge in [-0.3, -0.25) is 4.79 Å². The van der Waals surface area contributed by atoms with Crippen LogP contribution >= 0.6 is 15.9 Å². The second-order valence-electron chi connectivity index (χ2n) is 4.18. The molecule has 0 saturated heterocycles. The topological polar surface area (TPSA) is 29.1 Å². The highest BCUT2D eigenvalue weighted by Crippen LogP contribution is 2.32. The van der Waals surface area contributed by atoms with E-state index in [0.717, 1.165) is 34.1 Å². The van der Waals surface area contributed by atoms with Gasteiger partial charge in [0.2, 0.25) is 5.91 Å². The van der Waals surface area contributed by atoms with Gasteiger partial charge in [0.15, 0.2) is 0 Å².